The largest absolute Gasteiger partial charge is 0.345 e. The SMILES string of the molecule is O=C(CC(NC(=O)c1ccccc1)c1ccccc1)Nc1ccc(Cl)cc1Cl. The Hall–Kier alpha value is -2.82. The minimum atomic E-state index is -0.486. The van der Waals surface area contributed by atoms with E-state index in [2.05, 4.69) is 10.6 Å². The van der Waals surface area contributed by atoms with Crippen LogP contribution in [0.4, 0.5) is 5.69 Å². The third-order valence-corrected chi connectivity index (χ3v) is 4.69. The maximum atomic E-state index is 12.6. The Morgan fingerprint density at radius 1 is 0.857 bits per heavy atom. The molecule has 0 aromatic heterocycles. The highest BCUT2D eigenvalue weighted by atomic mass is 35.5. The van der Waals surface area contributed by atoms with Gasteiger partial charge in [-0.25, -0.2) is 0 Å². The molecule has 6 heteroatoms. The van der Waals surface area contributed by atoms with Crippen LogP contribution in [-0.4, -0.2) is 11.8 Å². The second-order valence-corrected chi connectivity index (χ2v) is 7.02. The number of benzene rings is 3. The molecule has 3 rings (SSSR count). The molecular formula is C22H18Cl2N2O2. The van der Waals surface area contributed by atoms with E-state index in [-0.39, 0.29) is 18.2 Å². The molecule has 0 spiro atoms. The summed E-state index contributed by atoms with van der Waals surface area (Å²) >= 11 is 12.0. The van der Waals surface area contributed by atoms with Crippen LogP contribution in [0.5, 0.6) is 0 Å². The number of hydrogen-bond donors (Lipinski definition) is 2. The first-order valence-electron chi connectivity index (χ1n) is 8.68. The molecule has 2 amide bonds. The summed E-state index contributed by atoms with van der Waals surface area (Å²) in [6, 6.07) is 22.6. The van der Waals surface area contributed by atoms with Crippen LogP contribution >= 0.6 is 23.2 Å². The Bertz CT molecular complexity index is 963. The number of amides is 2. The Labute approximate surface area is 173 Å². The zero-order valence-electron chi connectivity index (χ0n) is 14.9. The summed E-state index contributed by atoms with van der Waals surface area (Å²) in [6.45, 7) is 0. The van der Waals surface area contributed by atoms with Crippen molar-refractivity contribution < 1.29 is 9.59 Å². The Morgan fingerprint density at radius 3 is 2.14 bits per heavy atom. The van der Waals surface area contributed by atoms with E-state index in [0.29, 0.717) is 21.3 Å². The van der Waals surface area contributed by atoms with Gasteiger partial charge in [0, 0.05) is 10.6 Å². The molecule has 0 aliphatic heterocycles. The Morgan fingerprint density at radius 2 is 1.50 bits per heavy atom. The number of hydrogen-bond acceptors (Lipinski definition) is 2. The minimum Gasteiger partial charge on any atom is -0.345 e. The average Bonchev–Trinajstić information content (AvgIpc) is 2.71. The summed E-state index contributed by atoms with van der Waals surface area (Å²) in [4.78, 5) is 25.2. The summed E-state index contributed by atoms with van der Waals surface area (Å²) in [5.74, 6) is -0.516. The smallest absolute Gasteiger partial charge is 0.251 e. The van der Waals surface area contributed by atoms with Crippen LogP contribution in [0.1, 0.15) is 28.4 Å². The number of rotatable bonds is 6. The molecule has 142 valence electrons. The van der Waals surface area contributed by atoms with Gasteiger partial charge < -0.3 is 10.6 Å². The Balaban J connectivity index is 1.75. The molecule has 0 saturated heterocycles. The highest BCUT2D eigenvalue weighted by Crippen LogP contribution is 2.26. The topological polar surface area (TPSA) is 58.2 Å². The van der Waals surface area contributed by atoms with E-state index >= 15 is 0 Å². The molecular weight excluding hydrogens is 395 g/mol. The van der Waals surface area contributed by atoms with Crippen molar-refractivity contribution in [2.45, 2.75) is 12.5 Å². The second-order valence-electron chi connectivity index (χ2n) is 6.18. The second kappa shape index (κ2) is 9.40. The van der Waals surface area contributed by atoms with Crippen molar-refractivity contribution in [3.05, 3.63) is 100 Å². The summed E-state index contributed by atoms with van der Waals surface area (Å²) in [5.41, 5.74) is 1.84. The van der Waals surface area contributed by atoms with Crippen LogP contribution in [0.2, 0.25) is 10.0 Å². The summed E-state index contributed by atoms with van der Waals surface area (Å²) in [5, 5.41) is 6.54. The van der Waals surface area contributed by atoms with Gasteiger partial charge in [-0.2, -0.15) is 0 Å². The van der Waals surface area contributed by atoms with Crippen molar-refractivity contribution in [2.75, 3.05) is 5.32 Å². The molecule has 0 aliphatic carbocycles. The standard InChI is InChI=1S/C22H18Cl2N2O2/c23-17-11-12-19(18(24)13-17)25-21(27)14-20(15-7-3-1-4-8-15)26-22(28)16-9-5-2-6-10-16/h1-13,20H,14H2,(H,25,27)(H,26,28). The highest BCUT2D eigenvalue weighted by molar-refractivity contribution is 6.36. The van der Waals surface area contributed by atoms with E-state index in [1.807, 2.05) is 36.4 Å². The summed E-state index contributed by atoms with van der Waals surface area (Å²) < 4.78 is 0. The van der Waals surface area contributed by atoms with Gasteiger partial charge in [0.1, 0.15) is 0 Å². The normalized spacial score (nSPS) is 11.5. The van der Waals surface area contributed by atoms with Gasteiger partial charge in [0.25, 0.3) is 5.91 Å². The van der Waals surface area contributed by atoms with Gasteiger partial charge >= 0.3 is 0 Å². The number of carbonyl (C=O) groups excluding carboxylic acids is 2. The van der Waals surface area contributed by atoms with Crippen LogP contribution in [0.3, 0.4) is 0 Å². The third-order valence-electron chi connectivity index (χ3n) is 4.14. The third kappa shape index (κ3) is 5.35. The fraction of sp³-hybridized carbons (Fsp3) is 0.0909. The van der Waals surface area contributed by atoms with E-state index in [4.69, 9.17) is 23.2 Å². The highest BCUT2D eigenvalue weighted by Gasteiger charge is 2.19. The molecule has 28 heavy (non-hydrogen) atoms. The average molecular weight is 413 g/mol. The van der Waals surface area contributed by atoms with E-state index < -0.39 is 6.04 Å². The summed E-state index contributed by atoms with van der Waals surface area (Å²) in [6.07, 6.45) is 0.0571. The van der Waals surface area contributed by atoms with Crippen molar-refractivity contribution in [1.29, 1.82) is 0 Å². The maximum Gasteiger partial charge on any atom is 0.251 e. The molecule has 1 unspecified atom stereocenters. The Kier molecular flexibility index (Phi) is 6.69. The van der Waals surface area contributed by atoms with E-state index in [0.717, 1.165) is 5.56 Å². The predicted octanol–water partition coefficient (Wildman–Crippen LogP) is 5.49. The molecule has 0 aliphatic rings. The number of anilines is 1. The van der Waals surface area contributed by atoms with Crippen molar-refractivity contribution >= 4 is 40.7 Å². The lowest BCUT2D eigenvalue weighted by atomic mass is 10.0. The molecule has 1 atom stereocenters. The zero-order chi connectivity index (χ0) is 19.9. The van der Waals surface area contributed by atoms with Crippen LogP contribution in [0.15, 0.2) is 78.9 Å². The first kappa shape index (κ1) is 19.9. The molecule has 2 N–H and O–H groups in total. The molecule has 3 aromatic rings. The van der Waals surface area contributed by atoms with E-state index in [9.17, 15) is 9.59 Å². The lowest BCUT2D eigenvalue weighted by Gasteiger charge is -2.19. The van der Waals surface area contributed by atoms with Crippen LogP contribution < -0.4 is 10.6 Å². The van der Waals surface area contributed by atoms with Crippen molar-refractivity contribution in [1.82, 2.24) is 5.32 Å². The van der Waals surface area contributed by atoms with Crippen LogP contribution in [0.25, 0.3) is 0 Å². The fourth-order valence-electron chi connectivity index (χ4n) is 2.75. The number of nitrogens with one attached hydrogen (secondary N) is 2. The van der Waals surface area contributed by atoms with Crippen molar-refractivity contribution in [2.24, 2.45) is 0 Å². The van der Waals surface area contributed by atoms with Gasteiger partial charge in [0.2, 0.25) is 5.91 Å². The quantitative estimate of drug-likeness (QED) is 0.561. The number of halogens is 2. The predicted molar refractivity (Wildman–Crippen MR) is 113 cm³/mol. The van der Waals surface area contributed by atoms with Gasteiger partial charge in [0.05, 0.1) is 23.2 Å². The molecule has 3 aromatic carbocycles. The van der Waals surface area contributed by atoms with Crippen LogP contribution in [0, 0.1) is 0 Å². The molecule has 4 nitrogen and oxygen atoms in total. The van der Waals surface area contributed by atoms with Gasteiger partial charge in [-0.1, -0.05) is 71.7 Å². The van der Waals surface area contributed by atoms with Gasteiger partial charge in [-0.15, -0.1) is 0 Å². The van der Waals surface area contributed by atoms with Crippen molar-refractivity contribution in [3.63, 3.8) is 0 Å². The monoisotopic (exact) mass is 412 g/mol. The fourth-order valence-corrected chi connectivity index (χ4v) is 3.20. The summed E-state index contributed by atoms with van der Waals surface area (Å²) in [7, 11) is 0. The molecule has 0 bridgehead atoms. The first-order chi connectivity index (χ1) is 13.5. The molecule has 0 saturated carbocycles. The minimum absolute atomic E-state index is 0.0571. The lowest BCUT2D eigenvalue weighted by molar-refractivity contribution is -0.116. The van der Waals surface area contributed by atoms with E-state index in [1.165, 1.54) is 0 Å². The van der Waals surface area contributed by atoms with Crippen molar-refractivity contribution in [3.8, 4) is 0 Å². The lowest BCUT2D eigenvalue weighted by Crippen LogP contribution is -2.31. The van der Waals surface area contributed by atoms with Gasteiger partial charge in [0.15, 0.2) is 0 Å². The van der Waals surface area contributed by atoms with E-state index in [1.54, 1.807) is 42.5 Å². The van der Waals surface area contributed by atoms with Gasteiger partial charge in [-0.3, -0.25) is 9.59 Å². The number of carbonyl (C=O) groups is 2. The van der Waals surface area contributed by atoms with Gasteiger partial charge in [-0.05, 0) is 35.9 Å². The van der Waals surface area contributed by atoms with Crippen LogP contribution in [-0.2, 0) is 4.79 Å². The molecule has 0 fully saturated rings. The first-order valence-corrected chi connectivity index (χ1v) is 9.44. The molecule has 0 radical (unpaired) electrons. The maximum absolute atomic E-state index is 12.6. The molecule has 0 heterocycles. The zero-order valence-corrected chi connectivity index (χ0v) is 16.4.